The van der Waals surface area contributed by atoms with Crippen LogP contribution in [0.2, 0.25) is 0 Å². The highest BCUT2D eigenvalue weighted by Crippen LogP contribution is 2.30. The van der Waals surface area contributed by atoms with Crippen LogP contribution < -0.4 is 0 Å². The molecule has 1 heteroatoms. The number of hydrogen-bond acceptors (Lipinski definition) is 1. The van der Waals surface area contributed by atoms with Crippen molar-refractivity contribution in [3.63, 3.8) is 0 Å². The molecule has 1 atom stereocenters. The molecule has 0 saturated heterocycles. The van der Waals surface area contributed by atoms with Crippen LogP contribution in [0.15, 0.2) is 54.6 Å². The second-order valence-electron chi connectivity index (χ2n) is 4.60. The van der Waals surface area contributed by atoms with Gasteiger partial charge in [-0.1, -0.05) is 54.6 Å². The van der Waals surface area contributed by atoms with E-state index in [4.69, 9.17) is 0 Å². The van der Waals surface area contributed by atoms with E-state index < -0.39 is 5.60 Å². The molecule has 1 aromatic rings. The van der Waals surface area contributed by atoms with Gasteiger partial charge in [0, 0.05) is 0 Å². The van der Waals surface area contributed by atoms with Crippen LogP contribution in [0, 0.1) is 5.92 Å². The summed E-state index contributed by atoms with van der Waals surface area (Å²) in [6.45, 7) is 1.89. The summed E-state index contributed by atoms with van der Waals surface area (Å²) in [5.41, 5.74) is 0.236. The van der Waals surface area contributed by atoms with E-state index >= 15 is 0 Å². The second kappa shape index (κ2) is 4.67. The van der Waals surface area contributed by atoms with Crippen LogP contribution >= 0.6 is 0 Å². The SMILES string of the molecule is CC(O)(CC1C=CCC=C1)c1ccccc1. The average Bonchev–Trinajstić information content (AvgIpc) is 2.31. The Kier molecular flexibility index (Phi) is 3.25. The summed E-state index contributed by atoms with van der Waals surface area (Å²) < 4.78 is 0. The molecule has 2 rings (SSSR count). The smallest absolute Gasteiger partial charge is 0.0877 e. The van der Waals surface area contributed by atoms with Crippen molar-refractivity contribution in [3.8, 4) is 0 Å². The average molecular weight is 214 g/mol. The molecule has 0 aliphatic heterocycles. The minimum Gasteiger partial charge on any atom is -0.385 e. The van der Waals surface area contributed by atoms with Gasteiger partial charge in [-0.25, -0.2) is 0 Å². The van der Waals surface area contributed by atoms with Gasteiger partial charge in [-0.15, -0.1) is 0 Å². The van der Waals surface area contributed by atoms with Crippen LogP contribution in [-0.4, -0.2) is 5.11 Å². The highest BCUT2D eigenvalue weighted by Gasteiger charge is 2.25. The largest absolute Gasteiger partial charge is 0.385 e. The fourth-order valence-corrected chi connectivity index (χ4v) is 2.16. The monoisotopic (exact) mass is 214 g/mol. The predicted octanol–water partition coefficient (Wildman–Crippen LogP) is 3.42. The van der Waals surface area contributed by atoms with E-state index in [1.807, 2.05) is 37.3 Å². The molecule has 0 heterocycles. The first kappa shape index (κ1) is 11.2. The normalized spacial score (nSPS) is 19.6. The van der Waals surface area contributed by atoms with Crippen molar-refractivity contribution in [2.75, 3.05) is 0 Å². The van der Waals surface area contributed by atoms with Crippen LogP contribution in [-0.2, 0) is 5.60 Å². The molecular formula is C15H18O. The van der Waals surface area contributed by atoms with E-state index in [1.54, 1.807) is 0 Å². The Balaban J connectivity index is 2.10. The molecule has 0 radical (unpaired) electrons. The van der Waals surface area contributed by atoms with Gasteiger partial charge in [-0.05, 0) is 31.2 Å². The molecular weight excluding hydrogens is 196 g/mol. The minimum atomic E-state index is -0.752. The predicted molar refractivity (Wildman–Crippen MR) is 67.0 cm³/mol. The molecule has 84 valence electrons. The van der Waals surface area contributed by atoms with E-state index in [0.717, 1.165) is 18.4 Å². The Morgan fingerprint density at radius 2 is 1.81 bits per heavy atom. The van der Waals surface area contributed by atoms with Gasteiger partial charge in [0.05, 0.1) is 5.60 Å². The molecule has 1 aliphatic carbocycles. The van der Waals surface area contributed by atoms with Crippen LogP contribution in [0.5, 0.6) is 0 Å². The Morgan fingerprint density at radius 3 is 2.44 bits per heavy atom. The summed E-state index contributed by atoms with van der Waals surface area (Å²) in [6.07, 6.45) is 10.4. The molecule has 1 aromatic carbocycles. The standard InChI is InChI=1S/C15H18O/c1-15(16,14-10-6-3-7-11-14)12-13-8-4-2-5-9-13/h3-11,13,16H,2,12H2,1H3. The summed E-state index contributed by atoms with van der Waals surface area (Å²) in [5, 5.41) is 10.5. The summed E-state index contributed by atoms with van der Waals surface area (Å²) >= 11 is 0. The summed E-state index contributed by atoms with van der Waals surface area (Å²) in [4.78, 5) is 0. The van der Waals surface area contributed by atoms with Crippen molar-refractivity contribution >= 4 is 0 Å². The quantitative estimate of drug-likeness (QED) is 0.764. The summed E-state index contributed by atoms with van der Waals surface area (Å²) in [5.74, 6) is 0.351. The lowest BCUT2D eigenvalue weighted by Crippen LogP contribution is -2.24. The highest BCUT2D eigenvalue weighted by molar-refractivity contribution is 5.23. The van der Waals surface area contributed by atoms with Crippen LogP contribution in [0.4, 0.5) is 0 Å². The van der Waals surface area contributed by atoms with Gasteiger partial charge >= 0.3 is 0 Å². The first-order chi connectivity index (χ1) is 7.68. The first-order valence-electron chi connectivity index (χ1n) is 5.80. The molecule has 0 fully saturated rings. The summed E-state index contributed by atoms with van der Waals surface area (Å²) in [6, 6.07) is 9.87. The van der Waals surface area contributed by atoms with Crippen LogP contribution in [0.1, 0.15) is 25.3 Å². The Bertz CT molecular complexity index is 375. The van der Waals surface area contributed by atoms with Gasteiger partial charge < -0.3 is 5.11 Å². The van der Waals surface area contributed by atoms with Crippen molar-refractivity contribution in [1.82, 2.24) is 0 Å². The van der Waals surface area contributed by atoms with Gasteiger partial charge in [-0.3, -0.25) is 0 Å². The van der Waals surface area contributed by atoms with E-state index in [-0.39, 0.29) is 0 Å². The maximum Gasteiger partial charge on any atom is 0.0877 e. The minimum absolute atomic E-state index is 0.351. The Morgan fingerprint density at radius 1 is 1.19 bits per heavy atom. The van der Waals surface area contributed by atoms with Crippen LogP contribution in [0.25, 0.3) is 0 Å². The molecule has 0 amide bonds. The van der Waals surface area contributed by atoms with E-state index in [2.05, 4.69) is 24.3 Å². The topological polar surface area (TPSA) is 20.2 Å². The van der Waals surface area contributed by atoms with Crippen LogP contribution in [0.3, 0.4) is 0 Å². The Labute approximate surface area is 97.1 Å². The molecule has 0 spiro atoms. The molecule has 1 N–H and O–H groups in total. The number of benzene rings is 1. The second-order valence-corrected chi connectivity index (χ2v) is 4.60. The zero-order valence-electron chi connectivity index (χ0n) is 9.63. The van der Waals surface area contributed by atoms with Crippen molar-refractivity contribution in [3.05, 3.63) is 60.2 Å². The first-order valence-corrected chi connectivity index (χ1v) is 5.80. The zero-order valence-corrected chi connectivity index (χ0v) is 9.63. The molecule has 1 aliphatic rings. The van der Waals surface area contributed by atoms with Crippen molar-refractivity contribution in [1.29, 1.82) is 0 Å². The zero-order chi connectivity index (χ0) is 11.4. The van der Waals surface area contributed by atoms with Gasteiger partial charge in [0.15, 0.2) is 0 Å². The third kappa shape index (κ3) is 2.61. The van der Waals surface area contributed by atoms with Gasteiger partial charge in [0.25, 0.3) is 0 Å². The molecule has 16 heavy (non-hydrogen) atoms. The lowest BCUT2D eigenvalue weighted by atomic mass is 9.84. The van der Waals surface area contributed by atoms with Crippen molar-refractivity contribution in [2.24, 2.45) is 5.92 Å². The number of hydrogen-bond donors (Lipinski definition) is 1. The number of allylic oxidation sites excluding steroid dienone is 4. The van der Waals surface area contributed by atoms with E-state index in [9.17, 15) is 5.11 Å². The highest BCUT2D eigenvalue weighted by atomic mass is 16.3. The van der Waals surface area contributed by atoms with Gasteiger partial charge in [-0.2, -0.15) is 0 Å². The fourth-order valence-electron chi connectivity index (χ4n) is 2.16. The molecule has 0 aromatic heterocycles. The lowest BCUT2D eigenvalue weighted by Gasteiger charge is -2.27. The fraction of sp³-hybridized carbons (Fsp3) is 0.333. The molecule has 0 bridgehead atoms. The maximum atomic E-state index is 10.5. The molecule has 1 nitrogen and oxygen atoms in total. The third-order valence-corrected chi connectivity index (χ3v) is 3.07. The van der Waals surface area contributed by atoms with Gasteiger partial charge in [0.2, 0.25) is 0 Å². The third-order valence-electron chi connectivity index (χ3n) is 3.07. The number of aliphatic hydroxyl groups is 1. The van der Waals surface area contributed by atoms with E-state index in [1.165, 1.54) is 0 Å². The summed E-state index contributed by atoms with van der Waals surface area (Å²) in [7, 11) is 0. The number of rotatable bonds is 3. The van der Waals surface area contributed by atoms with Gasteiger partial charge in [0.1, 0.15) is 0 Å². The maximum absolute atomic E-state index is 10.5. The molecule has 0 saturated carbocycles. The van der Waals surface area contributed by atoms with Crippen molar-refractivity contribution in [2.45, 2.75) is 25.4 Å². The Hall–Kier alpha value is -1.34. The molecule has 1 unspecified atom stereocenters. The lowest BCUT2D eigenvalue weighted by molar-refractivity contribution is 0.0409. The van der Waals surface area contributed by atoms with Crippen molar-refractivity contribution < 1.29 is 5.11 Å². The van der Waals surface area contributed by atoms with E-state index in [0.29, 0.717) is 5.92 Å².